The zero-order valence-electron chi connectivity index (χ0n) is 16.0. The van der Waals surface area contributed by atoms with Crippen LogP contribution >= 0.6 is 23.4 Å². The van der Waals surface area contributed by atoms with Crippen molar-refractivity contribution in [1.29, 1.82) is 0 Å². The molecular weight excluding hydrogens is 452 g/mol. The molecule has 1 heterocycles. The van der Waals surface area contributed by atoms with Gasteiger partial charge in [-0.3, -0.25) is 14.2 Å². The molecule has 0 bridgehead atoms. The molecule has 12 heteroatoms. The molecule has 6 nitrogen and oxygen atoms in total. The van der Waals surface area contributed by atoms with Gasteiger partial charge in [0.25, 0.3) is 5.56 Å². The van der Waals surface area contributed by atoms with Gasteiger partial charge in [0.15, 0.2) is 0 Å². The van der Waals surface area contributed by atoms with Crippen molar-refractivity contribution in [3.63, 3.8) is 0 Å². The summed E-state index contributed by atoms with van der Waals surface area (Å²) in [5.74, 6) is -2.56. The third-order valence-electron chi connectivity index (χ3n) is 4.51. The first-order chi connectivity index (χ1) is 13.8. The van der Waals surface area contributed by atoms with Crippen LogP contribution in [0.4, 0.5) is 17.6 Å². The highest BCUT2D eigenvalue weighted by Crippen LogP contribution is 2.36. The van der Waals surface area contributed by atoms with Crippen LogP contribution in [0.2, 0.25) is 5.02 Å². The van der Waals surface area contributed by atoms with Gasteiger partial charge in [0.05, 0.1) is 10.7 Å². The van der Waals surface area contributed by atoms with Crippen molar-refractivity contribution in [3.8, 4) is 5.69 Å². The van der Waals surface area contributed by atoms with Crippen molar-refractivity contribution in [2.75, 3.05) is 0 Å². The Balaban J connectivity index is 2.69. The summed E-state index contributed by atoms with van der Waals surface area (Å²) in [5.41, 5.74) is -4.92. The normalized spacial score (nSPS) is 13.9. The number of halogens is 5. The van der Waals surface area contributed by atoms with E-state index in [9.17, 15) is 37.1 Å². The Bertz CT molecular complexity index is 1100. The zero-order chi connectivity index (χ0) is 23.0. The van der Waals surface area contributed by atoms with Crippen LogP contribution in [0, 0.1) is 11.7 Å². The van der Waals surface area contributed by atoms with Crippen LogP contribution < -0.4 is 11.2 Å². The average molecular weight is 469 g/mol. The van der Waals surface area contributed by atoms with Crippen molar-refractivity contribution in [3.05, 3.63) is 55.6 Å². The first-order valence-corrected chi connectivity index (χ1v) is 9.84. The standard InChI is InChI=1S/C18H17ClF4N2O4S/c1-4-8(2)15(16(27)28)30-12-6-11(10(20)5-9(12)19)25-14(26)7-13(18(21,22)23)24(3)17(25)29/h5-8,15H,4H2,1-3H3,(H,27,28). The van der Waals surface area contributed by atoms with Gasteiger partial charge in [-0.05, 0) is 18.1 Å². The molecule has 0 fully saturated rings. The van der Waals surface area contributed by atoms with Crippen LogP contribution in [0.1, 0.15) is 26.0 Å². The number of thioether (sulfide) groups is 1. The van der Waals surface area contributed by atoms with E-state index in [2.05, 4.69) is 0 Å². The van der Waals surface area contributed by atoms with Crippen molar-refractivity contribution >= 4 is 29.3 Å². The van der Waals surface area contributed by atoms with Gasteiger partial charge in [-0.15, -0.1) is 11.8 Å². The molecule has 0 saturated heterocycles. The van der Waals surface area contributed by atoms with Gasteiger partial charge < -0.3 is 5.11 Å². The van der Waals surface area contributed by atoms with Gasteiger partial charge >= 0.3 is 17.8 Å². The van der Waals surface area contributed by atoms with E-state index in [1.807, 2.05) is 0 Å². The number of rotatable bonds is 6. The molecule has 0 aliphatic heterocycles. The molecule has 0 amide bonds. The van der Waals surface area contributed by atoms with E-state index in [-0.39, 0.29) is 31.0 Å². The SMILES string of the molecule is CCC(C)C(Sc1cc(-n2c(=O)cc(C(F)(F)F)n(C)c2=O)c(F)cc1Cl)C(=O)O. The van der Waals surface area contributed by atoms with E-state index in [4.69, 9.17) is 11.6 Å². The molecule has 164 valence electrons. The maximum atomic E-state index is 14.5. The molecule has 1 aromatic carbocycles. The Hall–Kier alpha value is -2.27. The fourth-order valence-electron chi connectivity index (χ4n) is 2.66. The molecule has 1 aromatic heterocycles. The van der Waals surface area contributed by atoms with Gasteiger partial charge in [-0.2, -0.15) is 13.2 Å². The number of hydrogen-bond acceptors (Lipinski definition) is 4. The molecule has 0 aliphatic carbocycles. The van der Waals surface area contributed by atoms with E-state index in [1.54, 1.807) is 13.8 Å². The average Bonchev–Trinajstić information content (AvgIpc) is 2.63. The molecule has 2 unspecified atom stereocenters. The fraction of sp³-hybridized carbons (Fsp3) is 0.389. The first kappa shape index (κ1) is 24.0. The lowest BCUT2D eigenvalue weighted by Gasteiger charge is -2.20. The molecular formula is C18H17ClF4N2O4S. The number of aliphatic carboxylic acids is 1. The smallest absolute Gasteiger partial charge is 0.431 e. The minimum atomic E-state index is -4.96. The van der Waals surface area contributed by atoms with E-state index in [0.717, 1.165) is 30.9 Å². The van der Waals surface area contributed by atoms with Crippen LogP contribution in [0.25, 0.3) is 5.69 Å². The van der Waals surface area contributed by atoms with Crippen LogP contribution in [-0.4, -0.2) is 25.5 Å². The highest BCUT2D eigenvalue weighted by Gasteiger charge is 2.35. The highest BCUT2D eigenvalue weighted by molar-refractivity contribution is 8.00. The number of hydrogen-bond donors (Lipinski definition) is 1. The molecule has 2 atom stereocenters. The Morgan fingerprint density at radius 3 is 2.37 bits per heavy atom. The molecule has 1 N–H and O–H groups in total. The van der Waals surface area contributed by atoms with Gasteiger partial charge in [0.2, 0.25) is 0 Å². The molecule has 0 aliphatic rings. The summed E-state index contributed by atoms with van der Waals surface area (Å²) >= 11 is 6.80. The second-order valence-electron chi connectivity index (χ2n) is 6.54. The highest BCUT2D eigenvalue weighted by atomic mass is 35.5. The Labute approximate surface area is 177 Å². The van der Waals surface area contributed by atoms with Crippen LogP contribution in [0.15, 0.2) is 32.7 Å². The van der Waals surface area contributed by atoms with E-state index < -0.39 is 45.8 Å². The summed E-state index contributed by atoms with van der Waals surface area (Å²) in [6, 6.07) is 1.94. The third kappa shape index (κ3) is 4.72. The zero-order valence-corrected chi connectivity index (χ0v) is 17.5. The van der Waals surface area contributed by atoms with Crippen LogP contribution in [-0.2, 0) is 18.0 Å². The summed E-state index contributed by atoms with van der Waals surface area (Å²) in [6.45, 7) is 3.48. The third-order valence-corrected chi connectivity index (χ3v) is 6.45. The summed E-state index contributed by atoms with van der Waals surface area (Å²) in [6.07, 6.45) is -4.44. The Kier molecular flexibility index (Phi) is 7.08. The van der Waals surface area contributed by atoms with Crippen molar-refractivity contribution in [2.45, 2.75) is 36.6 Å². The predicted molar refractivity (Wildman–Crippen MR) is 104 cm³/mol. The second kappa shape index (κ2) is 8.84. The number of carboxylic acids is 1. The first-order valence-electron chi connectivity index (χ1n) is 8.58. The van der Waals surface area contributed by atoms with Gasteiger partial charge in [-0.1, -0.05) is 31.9 Å². The minimum Gasteiger partial charge on any atom is -0.480 e. The molecule has 0 spiro atoms. The van der Waals surface area contributed by atoms with Crippen molar-refractivity contribution < 1.29 is 27.5 Å². The van der Waals surface area contributed by atoms with Crippen LogP contribution in [0.5, 0.6) is 0 Å². The molecule has 0 radical (unpaired) electrons. The maximum absolute atomic E-state index is 14.5. The van der Waals surface area contributed by atoms with Gasteiger partial charge in [0, 0.05) is 18.0 Å². The van der Waals surface area contributed by atoms with Crippen LogP contribution in [0.3, 0.4) is 0 Å². The number of nitrogens with zero attached hydrogens (tertiary/aromatic N) is 2. The lowest BCUT2D eigenvalue weighted by Crippen LogP contribution is -2.41. The molecule has 30 heavy (non-hydrogen) atoms. The summed E-state index contributed by atoms with van der Waals surface area (Å²) in [7, 11) is 0.800. The molecule has 2 rings (SSSR count). The number of alkyl halides is 3. The molecule has 0 saturated carbocycles. The van der Waals surface area contributed by atoms with Gasteiger partial charge in [-0.25, -0.2) is 13.8 Å². The fourth-order valence-corrected chi connectivity index (χ4v) is 4.09. The van der Waals surface area contributed by atoms with E-state index >= 15 is 0 Å². The summed E-state index contributed by atoms with van der Waals surface area (Å²) < 4.78 is 54.0. The number of carboxylic acid groups (broad SMARTS) is 1. The summed E-state index contributed by atoms with van der Waals surface area (Å²) in [4.78, 5) is 36.3. The minimum absolute atomic E-state index is 0.0645. The Morgan fingerprint density at radius 1 is 1.27 bits per heavy atom. The number of aromatic nitrogens is 2. The quantitative estimate of drug-likeness (QED) is 0.513. The van der Waals surface area contributed by atoms with E-state index in [1.165, 1.54) is 0 Å². The lowest BCUT2D eigenvalue weighted by atomic mass is 10.1. The van der Waals surface area contributed by atoms with Crippen molar-refractivity contribution in [2.24, 2.45) is 13.0 Å². The predicted octanol–water partition coefficient (Wildman–Crippen LogP) is 3.94. The maximum Gasteiger partial charge on any atom is 0.431 e. The lowest BCUT2D eigenvalue weighted by molar-refractivity contribution is -0.144. The second-order valence-corrected chi connectivity index (χ2v) is 8.13. The summed E-state index contributed by atoms with van der Waals surface area (Å²) in [5, 5.41) is 8.33. The molecule has 2 aromatic rings. The van der Waals surface area contributed by atoms with Crippen molar-refractivity contribution in [1.82, 2.24) is 9.13 Å². The monoisotopic (exact) mass is 468 g/mol. The number of carbonyl (C=O) groups is 1. The van der Waals surface area contributed by atoms with E-state index in [0.29, 0.717) is 6.42 Å². The largest absolute Gasteiger partial charge is 0.480 e. The Morgan fingerprint density at radius 2 is 1.87 bits per heavy atom. The van der Waals surface area contributed by atoms with Gasteiger partial charge in [0.1, 0.15) is 16.8 Å². The topological polar surface area (TPSA) is 81.3 Å². The number of benzene rings is 1.